The molecule has 0 atom stereocenters. The van der Waals surface area contributed by atoms with Gasteiger partial charge < -0.3 is 15.5 Å². The summed E-state index contributed by atoms with van der Waals surface area (Å²) in [7, 11) is 1.60. The van der Waals surface area contributed by atoms with Crippen molar-refractivity contribution in [1.82, 2.24) is 15.0 Å². The first kappa shape index (κ1) is 12.6. The number of methoxy groups -OCH3 is 1. The van der Waals surface area contributed by atoms with Crippen molar-refractivity contribution in [3.8, 4) is 17.3 Å². The molecule has 0 radical (unpaired) electrons. The van der Waals surface area contributed by atoms with E-state index in [0.29, 0.717) is 18.1 Å². The fraction of sp³-hybridized carbons (Fsp3) is 0.200. The molecule has 3 N–H and O–H groups in total. The molecule has 0 amide bonds. The topological polar surface area (TPSA) is 76.8 Å². The van der Waals surface area contributed by atoms with Crippen LogP contribution in [0.4, 0.5) is 0 Å². The largest absolute Gasteiger partial charge is 0.481 e. The number of fused-ring (bicyclic) bond motifs is 1. The maximum absolute atomic E-state index is 5.55. The van der Waals surface area contributed by atoms with Crippen molar-refractivity contribution >= 4 is 11.2 Å². The molecule has 3 rings (SSSR count). The zero-order chi connectivity index (χ0) is 13.9. The highest BCUT2D eigenvalue weighted by atomic mass is 16.5. The number of nitrogens with one attached hydrogen (secondary N) is 1. The molecule has 0 unspecified atom stereocenters. The number of nitrogens with zero attached hydrogens (tertiary/aromatic N) is 2. The number of hydrogen-bond acceptors (Lipinski definition) is 4. The number of ether oxygens (including phenoxy) is 1. The van der Waals surface area contributed by atoms with Crippen LogP contribution < -0.4 is 10.5 Å². The van der Waals surface area contributed by atoms with Gasteiger partial charge in [0.05, 0.1) is 12.6 Å². The molecule has 0 aliphatic rings. The Hall–Kier alpha value is -2.40. The number of aromatic amines is 1. The number of hydrogen-bond donors (Lipinski definition) is 2. The number of nitrogens with two attached hydrogens (primary N) is 1. The maximum Gasteiger partial charge on any atom is 0.215 e. The van der Waals surface area contributed by atoms with Crippen molar-refractivity contribution in [3.05, 3.63) is 42.0 Å². The summed E-state index contributed by atoms with van der Waals surface area (Å²) in [6.45, 7) is 0.660. The van der Waals surface area contributed by atoms with Gasteiger partial charge in [0.15, 0.2) is 5.65 Å². The number of pyridine rings is 1. The van der Waals surface area contributed by atoms with Crippen LogP contribution in [-0.4, -0.2) is 28.6 Å². The van der Waals surface area contributed by atoms with Gasteiger partial charge in [-0.25, -0.2) is 4.98 Å². The van der Waals surface area contributed by atoms with Crippen LogP contribution in [0.5, 0.6) is 5.88 Å². The second-order valence-corrected chi connectivity index (χ2v) is 4.55. The molecule has 0 saturated heterocycles. The first-order valence-corrected chi connectivity index (χ1v) is 6.50. The molecule has 0 saturated carbocycles. The molecule has 0 aliphatic carbocycles. The highest BCUT2D eigenvalue weighted by Crippen LogP contribution is 2.21. The minimum atomic E-state index is 0.564. The van der Waals surface area contributed by atoms with Crippen LogP contribution in [-0.2, 0) is 6.42 Å². The van der Waals surface area contributed by atoms with E-state index in [9.17, 15) is 0 Å². The summed E-state index contributed by atoms with van der Waals surface area (Å²) in [5, 5.41) is 0. The lowest BCUT2D eigenvalue weighted by atomic mass is 10.1. The third kappa shape index (κ3) is 2.35. The summed E-state index contributed by atoms with van der Waals surface area (Å²) in [6.07, 6.45) is 0.888. The van der Waals surface area contributed by atoms with Gasteiger partial charge in [-0.05, 0) is 24.6 Å². The predicted molar refractivity (Wildman–Crippen MR) is 78.6 cm³/mol. The number of aromatic nitrogens is 3. The number of benzene rings is 1. The second kappa shape index (κ2) is 5.30. The molecule has 0 fully saturated rings. The van der Waals surface area contributed by atoms with Crippen molar-refractivity contribution < 1.29 is 4.74 Å². The molecule has 3 aromatic rings. The van der Waals surface area contributed by atoms with Crippen LogP contribution in [0.2, 0.25) is 0 Å². The van der Waals surface area contributed by atoms with Crippen LogP contribution in [0.1, 0.15) is 5.56 Å². The first-order valence-electron chi connectivity index (χ1n) is 6.50. The van der Waals surface area contributed by atoms with Crippen LogP contribution >= 0.6 is 0 Å². The summed E-state index contributed by atoms with van der Waals surface area (Å²) in [6, 6.07) is 12.0. The van der Waals surface area contributed by atoms with Crippen molar-refractivity contribution in [2.45, 2.75) is 6.42 Å². The molecule has 5 nitrogen and oxygen atoms in total. The summed E-state index contributed by atoms with van der Waals surface area (Å²) < 4.78 is 5.10. The molecule has 102 valence electrons. The van der Waals surface area contributed by atoms with Crippen LogP contribution in [0.15, 0.2) is 36.4 Å². The van der Waals surface area contributed by atoms with Gasteiger partial charge >= 0.3 is 0 Å². The van der Waals surface area contributed by atoms with E-state index in [1.165, 1.54) is 5.56 Å². The Morgan fingerprint density at radius 1 is 1.10 bits per heavy atom. The van der Waals surface area contributed by atoms with E-state index < -0.39 is 0 Å². The fourth-order valence-corrected chi connectivity index (χ4v) is 2.12. The lowest BCUT2D eigenvalue weighted by Crippen LogP contribution is -2.02. The third-order valence-corrected chi connectivity index (χ3v) is 3.19. The zero-order valence-corrected chi connectivity index (χ0v) is 11.3. The highest BCUT2D eigenvalue weighted by Gasteiger charge is 2.07. The SMILES string of the molecule is COc1ccc2[nH]c(-c3ccc(CCN)cc3)nc2n1. The molecule has 0 spiro atoms. The van der Waals surface area contributed by atoms with Gasteiger partial charge in [0.2, 0.25) is 5.88 Å². The van der Waals surface area contributed by atoms with E-state index in [-0.39, 0.29) is 0 Å². The zero-order valence-electron chi connectivity index (χ0n) is 11.3. The van der Waals surface area contributed by atoms with Crippen LogP contribution in [0.25, 0.3) is 22.6 Å². The number of H-pyrrole nitrogens is 1. The summed E-state index contributed by atoms with van der Waals surface area (Å²) >= 11 is 0. The number of imidazole rings is 1. The standard InChI is InChI=1S/C15H16N4O/c1-20-13-7-6-12-15(18-13)19-14(17-12)11-4-2-10(3-5-11)8-9-16/h2-7H,8-9,16H2,1H3,(H,17,18,19). The van der Waals surface area contributed by atoms with Gasteiger partial charge in [-0.1, -0.05) is 24.3 Å². The minimum Gasteiger partial charge on any atom is -0.481 e. The molecule has 0 bridgehead atoms. The van der Waals surface area contributed by atoms with E-state index in [0.717, 1.165) is 23.3 Å². The molecule has 5 heteroatoms. The summed E-state index contributed by atoms with van der Waals surface area (Å²) in [5.74, 6) is 1.37. The van der Waals surface area contributed by atoms with Crippen LogP contribution in [0.3, 0.4) is 0 Å². The quantitative estimate of drug-likeness (QED) is 0.760. The Balaban J connectivity index is 1.96. The monoisotopic (exact) mass is 268 g/mol. The van der Waals surface area contributed by atoms with E-state index >= 15 is 0 Å². The van der Waals surface area contributed by atoms with Gasteiger partial charge in [-0.2, -0.15) is 4.98 Å². The lowest BCUT2D eigenvalue weighted by molar-refractivity contribution is 0.399. The molecule has 2 heterocycles. The van der Waals surface area contributed by atoms with Gasteiger partial charge in [-0.3, -0.25) is 0 Å². The minimum absolute atomic E-state index is 0.564. The van der Waals surface area contributed by atoms with E-state index in [4.69, 9.17) is 10.5 Å². The first-order chi connectivity index (χ1) is 9.80. The van der Waals surface area contributed by atoms with E-state index in [1.54, 1.807) is 7.11 Å². The van der Waals surface area contributed by atoms with Crippen molar-refractivity contribution in [2.24, 2.45) is 5.73 Å². The molecule has 20 heavy (non-hydrogen) atoms. The third-order valence-electron chi connectivity index (χ3n) is 3.19. The predicted octanol–water partition coefficient (Wildman–Crippen LogP) is 2.13. The molecular formula is C15H16N4O. The molecular weight excluding hydrogens is 252 g/mol. The van der Waals surface area contributed by atoms with Crippen LogP contribution in [0, 0.1) is 0 Å². The van der Waals surface area contributed by atoms with Gasteiger partial charge in [0.25, 0.3) is 0 Å². The normalized spacial score (nSPS) is 10.9. The Morgan fingerprint density at radius 3 is 2.60 bits per heavy atom. The molecule has 0 aliphatic heterocycles. The highest BCUT2D eigenvalue weighted by molar-refractivity contribution is 5.76. The smallest absolute Gasteiger partial charge is 0.215 e. The Labute approximate surface area is 116 Å². The average molecular weight is 268 g/mol. The fourth-order valence-electron chi connectivity index (χ4n) is 2.12. The average Bonchev–Trinajstić information content (AvgIpc) is 2.91. The van der Waals surface area contributed by atoms with Gasteiger partial charge in [0.1, 0.15) is 5.82 Å². The van der Waals surface area contributed by atoms with E-state index in [1.807, 2.05) is 24.3 Å². The molecule has 1 aromatic carbocycles. The summed E-state index contributed by atoms with van der Waals surface area (Å²) in [5.41, 5.74) is 9.36. The van der Waals surface area contributed by atoms with Gasteiger partial charge in [0, 0.05) is 11.6 Å². The second-order valence-electron chi connectivity index (χ2n) is 4.55. The van der Waals surface area contributed by atoms with E-state index in [2.05, 4.69) is 27.1 Å². The Kier molecular flexibility index (Phi) is 3.35. The number of rotatable bonds is 4. The van der Waals surface area contributed by atoms with Gasteiger partial charge in [-0.15, -0.1) is 0 Å². The van der Waals surface area contributed by atoms with Crippen molar-refractivity contribution in [2.75, 3.05) is 13.7 Å². The van der Waals surface area contributed by atoms with Crippen molar-refractivity contribution in [3.63, 3.8) is 0 Å². The maximum atomic E-state index is 5.55. The Morgan fingerprint density at radius 2 is 1.90 bits per heavy atom. The molecule has 2 aromatic heterocycles. The lowest BCUT2D eigenvalue weighted by Gasteiger charge is -2.00. The Bertz CT molecular complexity index is 718. The summed E-state index contributed by atoms with van der Waals surface area (Å²) in [4.78, 5) is 12.1. The van der Waals surface area contributed by atoms with Crippen molar-refractivity contribution in [1.29, 1.82) is 0 Å².